The van der Waals surface area contributed by atoms with E-state index in [-0.39, 0.29) is 17.8 Å². The molecule has 0 saturated carbocycles. The van der Waals surface area contributed by atoms with Crippen molar-refractivity contribution < 1.29 is 13.6 Å². The van der Waals surface area contributed by atoms with E-state index in [4.69, 9.17) is 4.98 Å². The second-order valence-corrected chi connectivity index (χ2v) is 12.5. The third-order valence-corrected chi connectivity index (χ3v) is 9.91. The number of alkyl halides is 1. The third-order valence-electron chi connectivity index (χ3n) is 8.89. The van der Waals surface area contributed by atoms with Gasteiger partial charge >= 0.3 is 0 Å². The summed E-state index contributed by atoms with van der Waals surface area (Å²) < 4.78 is 32.0. The van der Waals surface area contributed by atoms with Crippen molar-refractivity contribution in [3.8, 4) is 11.3 Å². The number of rotatable bonds is 7. The molecule has 4 aromatic rings. The maximum absolute atomic E-state index is 15.6. The molecule has 2 saturated heterocycles. The van der Waals surface area contributed by atoms with Crippen LogP contribution in [0.2, 0.25) is 0 Å². The first-order chi connectivity index (χ1) is 19.5. The predicted octanol–water partition coefficient (Wildman–Crippen LogP) is 5.82. The number of piperidine rings is 1. The summed E-state index contributed by atoms with van der Waals surface area (Å²) >= 11 is 1.52. The number of fused-ring (bicyclic) bond motifs is 4. The second-order valence-electron chi connectivity index (χ2n) is 11.5. The van der Waals surface area contributed by atoms with Gasteiger partial charge in [0.2, 0.25) is 0 Å². The summed E-state index contributed by atoms with van der Waals surface area (Å²) in [4.78, 5) is 20.7. The van der Waals surface area contributed by atoms with Gasteiger partial charge in [0, 0.05) is 43.0 Å². The first-order valence-electron chi connectivity index (χ1n) is 14.7. The number of benzene rings is 2. The Morgan fingerprint density at radius 1 is 1.12 bits per heavy atom. The number of hydrogen-bond donors (Lipinski definition) is 2. The van der Waals surface area contributed by atoms with Gasteiger partial charge in [-0.15, -0.1) is 0 Å². The van der Waals surface area contributed by atoms with Crippen LogP contribution in [-0.4, -0.2) is 59.1 Å². The summed E-state index contributed by atoms with van der Waals surface area (Å²) in [5.74, 6) is -0.268. The van der Waals surface area contributed by atoms with Crippen LogP contribution in [0.3, 0.4) is 0 Å². The monoisotopic (exact) mass is 563 g/mol. The smallest absolute Gasteiger partial charge is 0.251 e. The van der Waals surface area contributed by atoms with Gasteiger partial charge in [0.1, 0.15) is 12.0 Å². The molecule has 1 amide bonds. The molecule has 2 N–H and O–H groups in total. The molecule has 40 heavy (non-hydrogen) atoms. The highest BCUT2D eigenvalue weighted by Crippen LogP contribution is 2.41. The van der Waals surface area contributed by atoms with Crippen LogP contribution < -0.4 is 10.6 Å². The Bertz CT molecular complexity index is 1570. The largest absolute Gasteiger partial charge is 0.352 e. The topological polar surface area (TPSA) is 61.7 Å². The van der Waals surface area contributed by atoms with Gasteiger partial charge in [-0.05, 0) is 105 Å². The quantitative estimate of drug-likeness (QED) is 0.278. The Balaban J connectivity index is 1.08. The average molecular weight is 564 g/mol. The molecule has 1 aliphatic carbocycles. The summed E-state index contributed by atoms with van der Waals surface area (Å²) in [6, 6.07) is 7.73. The van der Waals surface area contributed by atoms with Crippen LogP contribution in [-0.2, 0) is 12.8 Å². The lowest BCUT2D eigenvalue weighted by molar-refractivity contribution is 0.0950. The van der Waals surface area contributed by atoms with Crippen molar-refractivity contribution in [3.05, 3.63) is 58.5 Å². The van der Waals surface area contributed by atoms with Crippen molar-refractivity contribution >= 4 is 32.4 Å². The van der Waals surface area contributed by atoms with Crippen molar-refractivity contribution in [1.82, 2.24) is 24.9 Å². The van der Waals surface area contributed by atoms with Gasteiger partial charge in [0.25, 0.3) is 5.91 Å². The van der Waals surface area contributed by atoms with E-state index in [2.05, 4.69) is 15.5 Å². The normalized spacial score (nSPS) is 20.1. The van der Waals surface area contributed by atoms with Gasteiger partial charge in [0.05, 0.1) is 15.9 Å². The van der Waals surface area contributed by atoms with Crippen molar-refractivity contribution in [2.75, 3.05) is 32.7 Å². The average Bonchev–Trinajstić information content (AvgIpc) is 3.76. The fraction of sp³-hybridized carbons (Fsp3) is 0.484. The van der Waals surface area contributed by atoms with Crippen molar-refractivity contribution in [2.24, 2.45) is 0 Å². The summed E-state index contributed by atoms with van der Waals surface area (Å²) in [5.41, 5.74) is 6.52. The molecule has 4 heterocycles. The number of hydrogen-bond acceptors (Lipinski definition) is 5. The zero-order chi connectivity index (χ0) is 27.2. The second kappa shape index (κ2) is 10.8. The van der Waals surface area contributed by atoms with Crippen LogP contribution in [0, 0.1) is 5.82 Å². The fourth-order valence-electron chi connectivity index (χ4n) is 6.81. The minimum atomic E-state index is -0.662. The summed E-state index contributed by atoms with van der Waals surface area (Å²) in [7, 11) is 0. The van der Waals surface area contributed by atoms with Gasteiger partial charge in [-0.3, -0.25) is 9.20 Å². The van der Waals surface area contributed by atoms with E-state index in [1.807, 2.05) is 28.8 Å². The third kappa shape index (κ3) is 4.82. The van der Waals surface area contributed by atoms with Crippen molar-refractivity contribution in [1.29, 1.82) is 0 Å². The Morgan fingerprint density at radius 3 is 2.80 bits per heavy atom. The van der Waals surface area contributed by atoms with E-state index in [9.17, 15) is 9.18 Å². The SMILES string of the molecule is O=C(NCCCN1CCC(F)CC1)c1ccc2c(c1)sc1nc(-c3c(F)cc([C@H]4CCCN4)c4c3CCC4)cn12. The molecule has 6 nitrogen and oxygen atoms in total. The van der Waals surface area contributed by atoms with E-state index in [0.29, 0.717) is 36.2 Å². The molecule has 0 bridgehead atoms. The molecule has 210 valence electrons. The fourth-order valence-corrected chi connectivity index (χ4v) is 7.86. The van der Waals surface area contributed by atoms with Crippen LogP contribution in [0.1, 0.15) is 71.6 Å². The van der Waals surface area contributed by atoms with Crippen LogP contribution >= 0.6 is 11.3 Å². The van der Waals surface area contributed by atoms with Crippen LogP contribution in [0.25, 0.3) is 26.4 Å². The summed E-state index contributed by atoms with van der Waals surface area (Å²) in [6.07, 6.45) is 8.51. The van der Waals surface area contributed by atoms with Crippen molar-refractivity contribution in [3.63, 3.8) is 0 Å². The molecule has 7 rings (SSSR count). The van der Waals surface area contributed by atoms with Gasteiger partial charge in [-0.25, -0.2) is 13.8 Å². The van der Waals surface area contributed by atoms with Gasteiger partial charge in [0.15, 0.2) is 4.96 Å². The molecule has 0 radical (unpaired) electrons. The number of imidazole rings is 1. The Morgan fingerprint density at radius 2 is 1.98 bits per heavy atom. The van der Waals surface area contributed by atoms with Gasteiger partial charge < -0.3 is 15.5 Å². The summed E-state index contributed by atoms with van der Waals surface area (Å²) in [6.45, 7) is 4.06. The molecule has 2 aliphatic heterocycles. The van der Waals surface area contributed by atoms with Crippen molar-refractivity contribution in [2.45, 2.75) is 63.6 Å². The molecule has 0 unspecified atom stereocenters. The molecule has 1 atom stereocenters. The standard InChI is InChI=1S/C31H35F2N5OS/c32-20-9-14-37(15-10-20)13-3-12-35-30(39)19-7-8-27-28(16-19)40-31-36-26(18-38(27)31)29-22-5-1-4-21(22)23(17-24(29)33)25-6-2-11-34-25/h7-8,16-18,20,25,34H,1-6,9-15H2,(H,35,39)/t25-/m1/s1. The number of nitrogens with zero attached hydrogens (tertiary/aromatic N) is 3. The van der Waals surface area contributed by atoms with Gasteiger partial charge in [-0.1, -0.05) is 11.3 Å². The molecule has 2 aromatic carbocycles. The Hall–Kier alpha value is -2.88. The summed E-state index contributed by atoms with van der Waals surface area (Å²) in [5, 5.41) is 6.56. The number of aromatic nitrogens is 2. The Labute approximate surface area is 236 Å². The highest BCUT2D eigenvalue weighted by Gasteiger charge is 2.29. The van der Waals surface area contributed by atoms with E-state index in [1.54, 1.807) is 6.07 Å². The number of carbonyl (C=O) groups is 1. The molecule has 2 fully saturated rings. The number of carbonyl (C=O) groups excluding carboxylic acids is 1. The molecule has 2 aromatic heterocycles. The molecule has 0 spiro atoms. The van der Waals surface area contributed by atoms with Crippen LogP contribution in [0.4, 0.5) is 8.78 Å². The number of halogens is 2. The number of nitrogens with one attached hydrogen (secondary N) is 2. The molecule has 9 heteroatoms. The lowest BCUT2D eigenvalue weighted by Crippen LogP contribution is -2.36. The Kier molecular flexibility index (Phi) is 7.06. The predicted molar refractivity (Wildman–Crippen MR) is 155 cm³/mol. The van der Waals surface area contributed by atoms with E-state index >= 15 is 4.39 Å². The minimum absolute atomic E-state index is 0.0921. The maximum atomic E-state index is 15.6. The zero-order valence-corrected chi connectivity index (χ0v) is 23.5. The first kappa shape index (κ1) is 26.0. The van der Waals surface area contributed by atoms with Crippen LogP contribution in [0.15, 0.2) is 30.5 Å². The maximum Gasteiger partial charge on any atom is 0.251 e. The number of amides is 1. The number of likely N-dealkylation sites (tertiary alicyclic amines) is 1. The van der Waals surface area contributed by atoms with Crippen LogP contribution in [0.5, 0.6) is 0 Å². The lowest BCUT2D eigenvalue weighted by Gasteiger charge is -2.28. The molecular weight excluding hydrogens is 528 g/mol. The zero-order valence-electron chi connectivity index (χ0n) is 22.6. The molecule has 3 aliphatic rings. The van der Waals surface area contributed by atoms with E-state index < -0.39 is 6.17 Å². The highest BCUT2D eigenvalue weighted by molar-refractivity contribution is 7.23. The lowest BCUT2D eigenvalue weighted by atomic mass is 9.91. The first-order valence-corrected chi connectivity index (χ1v) is 15.5. The molecular formula is C31H35F2N5OS. The number of thiazole rings is 1. The van der Waals surface area contributed by atoms with E-state index in [0.717, 1.165) is 91.0 Å². The highest BCUT2D eigenvalue weighted by atomic mass is 32.1. The minimum Gasteiger partial charge on any atom is -0.352 e. The van der Waals surface area contributed by atoms with Gasteiger partial charge in [-0.2, -0.15) is 0 Å². The van der Waals surface area contributed by atoms with E-state index in [1.165, 1.54) is 16.9 Å².